The molecule has 0 bridgehead atoms. The van der Waals surface area contributed by atoms with Gasteiger partial charge >= 0.3 is 0 Å². The second-order valence-corrected chi connectivity index (χ2v) is 1.55. The van der Waals surface area contributed by atoms with Crippen molar-refractivity contribution in [2.45, 2.75) is 20.0 Å². The second kappa shape index (κ2) is 2.62. The number of rotatable bonds is 1. The third-order valence-corrected chi connectivity index (χ3v) is 1.00. The highest BCUT2D eigenvalue weighted by Crippen LogP contribution is 1.91. The van der Waals surface area contributed by atoms with Gasteiger partial charge in [0.25, 0.3) is 0 Å². The summed E-state index contributed by atoms with van der Waals surface area (Å²) in [4.78, 5) is 0. The lowest BCUT2D eigenvalue weighted by Crippen LogP contribution is -1.88. The highest BCUT2D eigenvalue weighted by Gasteiger charge is 1.83. The molecule has 0 aliphatic carbocycles. The fourth-order valence-electron chi connectivity index (χ4n) is 0. The summed E-state index contributed by atoms with van der Waals surface area (Å²) in [5.74, 6) is 0. The molecule has 2 heteroatoms. The zero-order valence-corrected chi connectivity index (χ0v) is 5.11. The molecule has 0 N–H and O–H groups in total. The van der Waals surface area contributed by atoms with E-state index in [1.165, 1.54) is 9.47 Å². The Morgan fingerprint density at radius 1 is 1.60 bits per heavy atom. The highest BCUT2D eigenvalue weighted by molar-refractivity contribution is 7.09. The molecule has 1 atom stereocenters. The van der Waals surface area contributed by atoms with E-state index in [0.29, 0.717) is 6.10 Å². The van der Waals surface area contributed by atoms with E-state index in [-0.39, 0.29) is 0 Å². The Kier molecular flexibility index (Phi) is 2.82. The molecule has 0 aliphatic rings. The Labute approximate surface area is 35.0 Å². The third-order valence-electron chi connectivity index (χ3n) is 0.333. The van der Waals surface area contributed by atoms with Crippen LogP contribution in [0.3, 0.4) is 0 Å². The molecule has 0 spiro atoms. The van der Waals surface area contributed by atoms with Gasteiger partial charge in [-0.05, 0) is 13.8 Å². The molecule has 0 amide bonds. The van der Waals surface area contributed by atoms with Crippen molar-refractivity contribution in [3.63, 3.8) is 0 Å². The zero-order valence-electron chi connectivity index (χ0n) is 3.69. The molecule has 0 radical (unpaired) electrons. The lowest BCUT2D eigenvalue weighted by molar-refractivity contribution is 0.287. The molecule has 0 heterocycles. The van der Waals surface area contributed by atoms with Crippen LogP contribution in [0.15, 0.2) is 0 Å². The Balaban J connectivity index is 2.54. The van der Waals surface area contributed by atoms with E-state index in [2.05, 4.69) is 0 Å². The molecule has 32 valence electrons. The van der Waals surface area contributed by atoms with Crippen molar-refractivity contribution in [1.82, 2.24) is 0 Å². The molecule has 1 nitrogen and oxygen atoms in total. The van der Waals surface area contributed by atoms with E-state index in [1.54, 1.807) is 0 Å². The second-order valence-electron chi connectivity index (χ2n) is 1.22. The minimum absolute atomic E-state index is 0.397. The van der Waals surface area contributed by atoms with Crippen LogP contribution in [0, 0.1) is 0 Å². The molecular weight excluding hydrogens is 83.0 g/mol. The third kappa shape index (κ3) is 4.39. The molecule has 0 fully saturated rings. The zero-order chi connectivity index (χ0) is 4.28. The van der Waals surface area contributed by atoms with Crippen LogP contribution in [0.1, 0.15) is 13.8 Å². The first-order valence-electron chi connectivity index (χ1n) is 1.68. The van der Waals surface area contributed by atoms with Crippen molar-refractivity contribution < 1.29 is 4.52 Å². The van der Waals surface area contributed by atoms with Gasteiger partial charge in [0.1, 0.15) is 9.47 Å². The summed E-state index contributed by atoms with van der Waals surface area (Å²) in [5, 5.41) is 0. The van der Waals surface area contributed by atoms with Gasteiger partial charge in [0, 0.05) is 0 Å². The van der Waals surface area contributed by atoms with Crippen LogP contribution >= 0.6 is 9.47 Å². The summed E-state index contributed by atoms with van der Waals surface area (Å²) < 4.78 is 4.78. The maximum atomic E-state index is 4.78. The molecule has 0 aromatic rings. The van der Waals surface area contributed by atoms with Crippen molar-refractivity contribution in [2.75, 3.05) is 0 Å². The Bertz CT molecular complexity index is 20.9. The van der Waals surface area contributed by atoms with E-state index in [0.717, 1.165) is 0 Å². The summed E-state index contributed by atoms with van der Waals surface area (Å²) in [6.07, 6.45) is 0.397. The SMILES string of the molecule is CC(C)O[PH3+]. The quantitative estimate of drug-likeness (QED) is 0.438. The fraction of sp³-hybridized carbons (Fsp3) is 1.00. The first kappa shape index (κ1) is 5.39. The van der Waals surface area contributed by atoms with E-state index in [4.69, 9.17) is 4.52 Å². The highest BCUT2D eigenvalue weighted by atomic mass is 31.0. The average molecular weight is 93.1 g/mol. The van der Waals surface area contributed by atoms with Gasteiger partial charge in [0.15, 0.2) is 0 Å². The molecule has 0 aromatic carbocycles. The molecule has 0 saturated heterocycles. The van der Waals surface area contributed by atoms with Crippen LogP contribution in [0.25, 0.3) is 0 Å². The van der Waals surface area contributed by atoms with Gasteiger partial charge < -0.3 is 0 Å². The largest absolute Gasteiger partial charge is 0.243 e. The molecule has 0 rings (SSSR count). The Morgan fingerprint density at radius 2 is 1.80 bits per heavy atom. The van der Waals surface area contributed by atoms with E-state index < -0.39 is 0 Å². The van der Waals surface area contributed by atoms with Crippen molar-refractivity contribution in [1.29, 1.82) is 0 Å². The molecule has 1 unspecified atom stereocenters. The van der Waals surface area contributed by atoms with E-state index >= 15 is 0 Å². The lowest BCUT2D eigenvalue weighted by Gasteiger charge is -1.88. The normalized spacial score (nSPS) is 10.2. The summed E-state index contributed by atoms with van der Waals surface area (Å²) in [6.45, 7) is 4.01. The van der Waals surface area contributed by atoms with Crippen LogP contribution in [-0.2, 0) is 4.52 Å². The Hall–Kier alpha value is 0.390. The van der Waals surface area contributed by atoms with Gasteiger partial charge in [-0.3, -0.25) is 0 Å². The van der Waals surface area contributed by atoms with Crippen LogP contribution in [0.2, 0.25) is 0 Å². The van der Waals surface area contributed by atoms with E-state index in [1.807, 2.05) is 13.8 Å². The van der Waals surface area contributed by atoms with Gasteiger partial charge in [0.05, 0.1) is 6.10 Å². The maximum Gasteiger partial charge on any atom is 0.107 e. The summed E-state index contributed by atoms with van der Waals surface area (Å²) >= 11 is 0. The minimum Gasteiger partial charge on any atom is -0.243 e. The van der Waals surface area contributed by atoms with Crippen LogP contribution in [0.4, 0.5) is 0 Å². The number of hydrogen-bond acceptors (Lipinski definition) is 1. The first-order valence-corrected chi connectivity index (χ1v) is 2.26. The van der Waals surface area contributed by atoms with Crippen molar-refractivity contribution in [2.24, 2.45) is 0 Å². The lowest BCUT2D eigenvalue weighted by atomic mass is 10.5. The molecule has 0 saturated carbocycles. The van der Waals surface area contributed by atoms with Gasteiger partial charge in [-0.1, -0.05) is 0 Å². The number of hydrogen-bond donors (Lipinski definition) is 0. The first-order chi connectivity index (χ1) is 2.27. The summed E-state index contributed by atoms with van der Waals surface area (Å²) in [7, 11) is 1.53. The van der Waals surface area contributed by atoms with Crippen LogP contribution in [-0.4, -0.2) is 6.10 Å². The molecule has 0 aromatic heterocycles. The standard InChI is InChI=1S/C3H10OP/c1-3(2)4-5/h3H,1-2,5H3/q+1. The molecular formula is C3H10OP+. The van der Waals surface area contributed by atoms with E-state index in [9.17, 15) is 0 Å². The van der Waals surface area contributed by atoms with Crippen LogP contribution in [0.5, 0.6) is 0 Å². The van der Waals surface area contributed by atoms with Crippen molar-refractivity contribution >= 4 is 9.47 Å². The average Bonchev–Trinajstić information content (AvgIpc) is 1.38. The summed E-state index contributed by atoms with van der Waals surface area (Å²) in [5.41, 5.74) is 0. The molecule has 0 aliphatic heterocycles. The fourth-order valence-corrected chi connectivity index (χ4v) is 0. The van der Waals surface area contributed by atoms with Gasteiger partial charge in [-0.15, -0.1) is 0 Å². The molecule has 5 heavy (non-hydrogen) atoms. The summed E-state index contributed by atoms with van der Waals surface area (Å²) in [6, 6.07) is 0. The van der Waals surface area contributed by atoms with Crippen molar-refractivity contribution in [3.8, 4) is 0 Å². The van der Waals surface area contributed by atoms with Gasteiger partial charge in [0.2, 0.25) is 0 Å². The predicted molar refractivity (Wildman–Crippen MR) is 27.3 cm³/mol. The van der Waals surface area contributed by atoms with Gasteiger partial charge in [-0.25, -0.2) is 4.52 Å². The van der Waals surface area contributed by atoms with Crippen LogP contribution < -0.4 is 0 Å². The van der Waals surface area contributed by atoms with Crippen molar-refractivity contribution in [3.05, 3.63) is 0 Å². The van der Waals surface area contributed by atoms with Gasteiger partial charge in [-0.2, -0.15) is 0 Å². The minimum atomic E-state index is 0.397. The topological polar surface area (TPSA) is 9.23 Å². The Morgan fingerprint density at radius 3 is 1.80 bits per heavy atom. The predicted octanol–water partition coefficient (Wildman–Crippen LogP) is 0.934. The monoisotopic (exact) mass is 93.0 g/mol. The maximum absolute atomic E-state index is 4.78. The smallest absolute Gasteiger partial charge is 0.107 e.